The average Bonchev–Trinajstić information content (AvgIpc) is 2.25. The first-order valence-electron chi connectivity index (χ1n) is 6.37. The summed E-state index contributed by atoms with van der Waals surface area (Å²) in [5.41, 5.74) is 0. The molecule has 1 amide bonds. The number of rotatable bonds is 4. The number of nitrogens with one attached hydrogen (secondary N) is 2. The molecule has 0 aromatic rings. The molecule has 100 valence electrons. The average molecular weight is 263 g/mol. The molecule has 2 fully saturated rings. The lowest BCUT2D eigenvalue weighted by Crippen LogP contribution is -2.50. The zero-order valence-corrected chi connectivity index (χ0v) is 11.2. The molecule has 4 nitrogen and oxygen atoms in total. The van der Waals surface area contributed by atoms with E-state index in [-0.39, 0.29) is 30.3 Å². The minimum absolute atomic E-state index is 0. The Morgan fingerprint density at radius 1 is 1.47 bits per heavy atom. The highest BCUT2D eigenvalue weighted by atomic mass is 35.5. The third-order valence-corrected chi connectivity index (χ3v) is 3.71. The highest BCUT2D eigenvalue weighted by molar-refractivity contribution is 5.85. The first-order valence-corrected chi connectivity index (χ1v) is 6.37. The first-order chi connectivity index (χ1) is 7.77. The van der Waals surface area contributed by atoms with Crippen LogP contribution in [0.25, 0.3) is 0 Å². The SMILES string of the molecule is CC(C(=O)NCC1CCCCO1)C1CNC1.Cl. The lowest BCUT2D eigenvalue weighted by Gasteiger charge is -2.32. The van der Waals surface area contributed by atoms with E-state index in [4.69, 9.17) is 4.74 Å². The molecule has 2 aliphatic heterocycles. The molecule has 0 radical (unpaired) electrons. The van der Waals surface area contributed by atoms with Crippen molar-refractivity contribution in [2.45, 2.75) is 32.3 Å². The van der Waals surface area contributed by atoms with Gasteiger partial charge in [-0.2, -0.15) is 0 Å². The second-order valence-corrected chi connectivity index (χ2v) is 4.94. The predicted molar refractivity (Wildman–Crippen MR) is 69.4 cm³/mol. The minimum atomic E-state index is 0. The molecular weight excluding hydrogens is 240 g/mol. The van der Waals surface area contributed by atoms with Crippen molar-refractivity contribution in [3.63, 3.8) is 0 Å². The van der Waals surface area contributed by atoms with E-state index in [2.05, 4.69) is 10.6 Å². The highest BCUT2D eigenvalue weighted by Crippen LogP contribution is 2.16. The summed E-state index contributed by atoms with van der Waals surface area (Å²) in [6.45, 7) is 5.51. The monoisotopic (exact) mass is 262 g/mol. The Balaban J connectivity index is 0.00000144. The summed E-state index contributed by atoms with van der Waals surface area (Å²) in [5.74, 6) is 0.831. The minimum Gasteiger partial charge on any atom is -0.376 e. The van der Waals surface area contributed by atoms with Gasteiger partial charge in [0.25, 0.3) is 0 Å². The van der Waals surface area contributed by atoms with Crippen molar-refractivity contribution in [1.29, 1.82) is 0 Å². The molecule has 0 bridgehead atoms. The number of halogens is 1. The van der Waals surface area contributed by atoms with Gasteiger partial charge in [-0.15, -0.1) is 12.4 Å². The summed E-state index contributed by atoms with van der Waals surface area (Å²) < 4.78 is 5.58. The summed E-state index contributed by atoms with van der Waals surface area (Å²) in [7, 11) is 0. The van der Waals surface area contributed by atoms with Crippen molar-refractivity contribution in [3.8, 4) is 0 Å². The van der Waals surface area contributed by atoms with Crippen LogP contribution in [-0.4, -0.2) is 38.3 Å². The first kappa shape index (κ1) is 14.7. The van der Waals surface area contributed by atoms with Crippen LogP contribution >= 0.6 is 12.4 Å². The van der Waals surface area contributed by atoms with Gasteiger partial charge in [-0.1, -0.05) is 6.92 Å². The number of ether oxygens (including phenoxy) is 1. The van der Waals surface area contributed by atoms with E-state index in [1.54, 1.807) is 0 Å². The maximum Gasteiger partial charge on any atom is 0.223 e. The summed E-state index contributed by atoms with van der Waals surface area (Å²) >= 11 is 0. The fourth-order valence-corrected chi connectivity index (χ4v) is 2.22. The zero-order chi connectivity index (χ0) is 11.4. The Hall–Kier alpha value is -0.320. The van der Waals surface area contributed by atoms with E-state index in [0.29, 0.717) is 12.5 Å². The van der Waals surface area contributed by atoms with Gasteiger partial charge in [0, 0.05) is 19.1 Å². The number of carbonyl (C=O) groups excluding carboxylic acids is 1. The van der Waals surface area contributed by atoms with Crippen molar-refractivity contribution in [3.05, 3.63) is 0 Å². The Morgan fingerprint density at radius 2 is 2.24 bits per heavy atom. The molecule has 5 heteroatoms. The topological polar surface area (TPSA) is 50.4 Å². The molecular formula is C12H23ClN2O2. The van der Waals surface area contributed by atoms with E-state index in [1.807, 2.05) is 6.92 Å². The largest absolute Gasteiger partial charge is 0.376 e. The molecule has 0 spiro atoms. The zero-order valence-electron chi connectivity index (χ0n) is 10.4. The molecule has 2 rings (SSSR count). The van der Waals surface area contributed by atoms with Crippen molar-refractivity contribution in [2.24, 2.45) is 11.8 Å². The van der Waals surface area contributed by atoms with Crippen LogP contribution in [0.1, 0.15) is 26.2 Å². The molecule has 2 unspecified atom stereocenters. The third-order valence-electron chi connectivity index (χ3n) is 3.71. The molecule has 2 saturated heterocycles. The van der Waals surface area contributed by atoms with Crippen molar-refractivity contribution < 1.29 is 9.53 Å². The molecule has 0 aromatic heterocycles. The summed E-state index contributed by atoms with van der Waals surface area (Å²) in [4.78, 5) is 11.8. The number of amides is 1. The molecule has 2 N–H and O–H groups in total. The van der Waals surface area contributed by atoms with Gasteiger partial charge in [0.05, 0.1) is 6.10 Å². The van der Waals surface area contributed by atoms with E-state index >= 15 is 0 Å². The Bertz CT molecular complexity index is 241. The lowest BCUT2D eigenvalue weighted by molar-refractivity contribution is -0.127. The third kappa shape index (κ3) is 4.12. The van der Waals surface area contributed by atoms with Crippen molar-refractivity contribution in [1.82, 2.24) is 10.6 Å². The van der Waals surface area contributed by atoms with Crippen molar-refractivity contribution in [2.75, 3.05) is 26.2 Å². The van der Waals surface area contributed by atoms with Crippen LogP contribution < -0.4 is 10.6 Å². The summed E-state index contributed by atoms with van der Waals surface area (Å²) in [6, 6.07) is 0. The lowest BCUT2D eigenvalue weighted by atomic mass is 9.88. The summed E-state index contributed by atoms with van der Waals surface area (Å²) in [5, 5.41) is 6.21. The van der Waals surface area contributed by atoms with Crippen LogP contribution in [0.3, 0.4) is 0 Å². The quantitative estimate of drug-likeness (QED) is 0.793. The van der Waals surface area contributed by atoms with Gasteiger partial charge in [-0.3, -0.25) is 4.79 Å². The van der Waals surface area contributed by atoms with Crippen LogP contribution in [0.4, 0.5) is 0 Å². The number of hydrogen-bond donors (Lipinski definition) is 2. The smallest absolute Gasteiger partial charge is 0.223 e. The fourth-order valence-electron chi connectivity index (χ4n) is 2.22. The van der Waals surface area contributed by atoms with Gasteiger partial charge < -0.3 is 15.4 Å². The van der Waals surface area contributed by atoms with Gasteiger partial charge in [-0.25, -0.2) is 0 Å². The Morgan fingerprint density at radius 3 is 2.76 bits per heavy atom. The van der Waals surface area contributed by atoms with Crippen molar-refractivity contribution >= 4 is 18.3 Å². The van der Waals surface area contributed by atoms with Crippen LogP contribution in [0.2, 0.25) is 0 Å². The van der Waals surface area contributed by atoms with Gasteiger partial charge in [0.2, 0.25) is 5.91 Å². The van der Waals surface area contributed by atoms with E-state index < -0.39 is 0 Å². The van der Waals surface area contributed by atoms with Gasteiger partial charge >= 0.3 is 0 Å². The molecule has 0 aromatic carbocycles. The summed E-state index contributed by atoms with van der Waals surface area (Å²) in [6.07, 6.45) is 3.71. The molecule has 2 atom stereocenters. The molecule has 2 heterocycles. The molecule has 0 aliphatic carbocycles. The highest BCUT2D eigenvalue weighted by Gasteiger charge is 2.28. The second-order valence-electron chi connectivity index (χ2n) is 4.94. The number of hydrogen-bond acceptors (Lipinski definition) is 3. The molecule has 2 aliphatic rings. The number of carbonyl (C=O) groups is 1. The normalized spacial score (nSPS) is 26.5. The maximum atomic E-state index is 11.8. The Kier molecular flexibility index (Phi) is 6.23. The predicted octanol–water partition coefficient (Wildman–Crippen LogP) is 0.949. The van der Waals surface area contributed by atoms with E-state index in [0.717, 1.165) is 32.5 Å². The second kappa shape index (κ2) is 7.19. The van der Waals surface area contributed by atoms with Gasteiger partial charge in [0.1, 0.15) is 0 Å². The molecule has 0 saturated carbocycles. The van der Waals surface area contributed by atoms with Crippen LogP contribution in [0, 0.1) is 11.8 Å². The van der Waals surface area contributed by atoms with Gasteiger partial charge in [-0.05, 0) is 38.3 Å². The van der Waals surface area contributed by atoms with Crippen LogP contribution in [0.5, 0.6) is 0 Å². The Labute approximate surface area is 109 Å². The van der Waals surface area contributed by atoms with Crippen LogP contribution in [-0.2, 0) is 9.53 Å². The standard InChI is InChI=1S/C12H22N2O2.ClH/c1-9(10-6-13-7-10)12(15)14-8-11-4-2-3-5-16-11;/h9-11,13H,2-8H2,1H3,(H,14,15);1H. The van der Waals surface area contributed by atoms with Gasteiger partial charge in [0.15, 0.2) is 0 Å². The molecule has 17 heavy (non-hydrogen) atoms. The van der Waals surface area contributed by atoms with Crippen LogP contribution in [0.15, 0.2) is 0 Å². The maximum absolute atomic E-state index is 11.8. The van der Waals surface area contributed by atoms with E-state index in [9.17, 15) is 4.79 Å². The van der Waals surface area contributed by atoms with E-state index in [1.165, 1.54) is 6.42 Å². The fraction of sp³-hybridized carbons (Fsp3) is 0.917.